The molecule has 0 saturated carbocycles. The van der Waals surface area contributed by atoms with E-state index in [4.69, 9.17) is 21.3 Å². The normalized spacial score (nSPS) is 15.2. The predicted molar refractivity (Wildman–Crippen MR) is 152 cm³/mol. The SMILES string of the molecule is COCCN1CCN(c2cc(C)c3nc(-c4c(NC[C@H](O)c5cccc(Cl)c5)cc[nH]c4=O)[nH]c3c2)CC1. The van der Waals surface area contributed by atoms with Crippen LogP contribution in [-0.4, -0.2) is 77.9 Å². The lowest BCUT2D eigenvalue weighted by atomic mass is 10.1. The summed E-state index contributed by atoms with van der Waals surface area (Å²) in [6.45, 7) is 7.81. The third kappa shape index (κ3) is 5.71. The molecular weight excluding hydrogens is 504 g/mol. The summed E-state index contributed by atoms with van der Waals surface area (Å²) >= 11 is 6.07. The van der Waals surface area contributed by atoms with Gasteiger partial charge in [0.05, 0.1) is 29.4 Å². The van der Waals surface area contributed by atoms with Crippen molar-refractivity contribution < 1.29 is 9.84 Å². The van der Waals surface area contributed by atoms with E-state index in [0.29, 0.717) is 27.7 Å². The second-order valence-corrected chi connectivity index (χ2v) is 10.0. The molecule has 2 aromatic carbocycles. The molecule has 0 unspecified atom stereocenters. The van der Waals surface area contributed by atoms with Crippen LogP contribution in [0, 0.1) is 6.92 Å². The number of nitrogens with one attached hydrogen (secondary N) is 3. The Morgan fingerprint density at radius 3 is 2.76 bits per heavy atom. The van der Waals surface area contributed by atoms with Crippen molar-refractivity contribution in [3.63, 3.8) is 0 Å². The Balaban J connectivity index is 1.38. The van der Waals surface area contributed by atoms with E-state index >= 15 is 0 Å². The molecule has 200 valence electrons. The van der Waals surface area contributed by atoms with Gasteiger partial charge in [0.15, 0.2) is 0 Å². The molecule has 5 rings (SSSR count). The van der Waals surface area contributed by atoms with Crippen LogP contribution in [0.3, 0.4) is 0 Å². The largest absolute Gasteiger partial charge is 0.387 e. The fraction of sp³-hybridized carbons (Fsp3) is 0.357. The van der Waals surface area contributed by atoms with Crippen LogP contribution in [0.1, 0.15) is 17.2 Å². The van der Waals surface area contributed by atoms with Gasteiger partial charge in [-0.1, -0.05) is 23.7 Å². The first-order valence-corrected chi connectivity index (χ1v) is 13.2. The predicted octanol–water partition coefficient (Wildman–Crippen LogP) is 3.79. The number of fused-ring (bicyclic) bond motifs is 1. The number of nitrogens with zero attached hydrogens (tertiary/aromatic N) is 3. The maximum Gasteiger partial charge on any atom is 0.261 e. The molecule has 4 N–H and O–H groups in total. The molecule has 1 atom stereocenters. The first kappa shape index (κ1) is 26.2. The summed E-state index contributed by atoms with van der Waals surface area (Å²) in [5.41, 5.74) is 5.30. The van der Waals surface area contributed by atoms with Gasteiger partial charge in [-0.05, 0) is 48.4 Å². The summed E-state index contributed by atoms with van der Waals surface area (Å²) in [5, 5.41) is 14.4. The highest BCUT2D eigenvalue weighted by atomic mass is 35.5. The van der Waals surface area contributed by atoms with Crippen molar-refractivity contribution in [2.24, 2.45) is 0 Å². The van der Waals surface area contributed by atoms with Gasteiger partial charge in [0.1, 0.15) is 11.4 Å². The molecule has 4 aromatic rings. The third-order valence-corrected chi connectivity index (χ3v) is 7.26. The first-order chi connectivity index (χ1) is 18.4. The van der Waals surface area contributed by atoms with Crippen LogP contribution < -0.4 is 15.8 Å². The number of rotatable bonds is 9. The van der Waals surface area contributed by atoms with Gasteiger partial charge in [-0.2, -0.15) is 0 Å². The molecule has 1 saturated heterocycles. The molecule has 3 heterocycles. The van der Waals surface area contributed by atoms with E-state index in [9.17, 15) is 9.90 Å². The van der Waals surface area contributed by atoms with Gasteiger partial charge in [-0.25, -0.2) is 4.98 Å². The maximum absolute atomic E-state index is 12.9. The van der Waals surface area contributed by atoms with Crippen molar-refractivity contribution in [1.29, 1.82) is 0 Å². The van der Waals surface area contributed by atoms with Crippen LogP contribution in [0.15, 0.2) is 53.5 Å². The molecule has 1 aliphatic rings. The number of aliphatic hydroxyl groups excluding tert-OH is 1. The molecule has 0 radical (unpaired) electrons. The lowest BCUT2D eigenvalue weighted by Gasteiger charge is -2.36. The van der Waals surface area contributed by atoms with Crippen LogP contribution in [-0.2, 0) is 4.74 Å². The lowest BCUT2D eigenvalue weighted by molar-refractivity contribution is 0.144. The standard InChI is InChI=1S/C28H33ClN6O3/c1-18-14-21(35-10-8-34(9-11-35)12-13-38-2)16-23-26(18)33-27(32-23)25-22(6-7-30-28(25)37)31-17-24(36)19-4-3-5-20(29)15-19/h3-7,14-16,24,36H,8-13,17H2,1-2H3,(H,32,33)(H2,30,31,37)/t24-/m0/s1. The first-order valence-electron chi connectivity index (χ1n) is 12.8. The number of aromatic amines is 2. The number of imidazole rings is 1. The van der Waals surface area contributed by atoms with Crippen LogP contribution in [0.5, 0.6) is 0 Å². The number of benzene rings is 2. The van der Waals surface area contributed by atoms with Gasteiger partial charge in [-0.3, -0.25) is 9.69 Å². The van der Waals surface area contributed by atoms with Gasteiger partial charge in [0.2, 0.25) is 0 Å². The topological polar surface area (TPSA) is 110 Å². The van der Waals surface area contributed by atoms with E-state index in [0.717, 1.165) is 61.6 Å². The summed E-state index contributed by atoms with van der Waals surface area (Å²) in [6.07, 6.45) is 0.786. The van der Waals surface area contributed by atoms with E-state index in [2.05, 4.69) is 37.2 Å². The number of pyridine rings is 1. The zero-order valence-corrected chi connectivity index (χ0v) is 22.4. The Kier molecular flexibility index (Phi) is 7.99. The molecule has 1 fully saturated rings. The van der Waals surface area contributed by atoms with E-state index in [1.807, 2.05) is 13.0 Å². The average molecular weight is 537 g/mol. The van der Waals surface area contributed by atoms with E-state index in [-0.39, 0.29) is 12.1 Å². The summed E-state index contributed by atoms with van der Waals surface area (Å²) in [5.74, 6) is 0.478. The molecule has 0 amide bonds. The fourth-order valence-corrected chi connectivity index (χ4v) is 5.12. The number of hydrogen-bond donors (Lipinski definition) is 4. The summed E-state index contributed by atoms with van der Waals surface area (Å²) in [7, 11) is 1.74. The van der Waals surface area contributed by atoms with Crippen molar-refractivity contribution in [2.45, 2.75) is 13.0 Å². The highest BCUT2D eigenvalue weighted by Crippen LogP contribution is 2.30. The molecule has 0 bridgehead atoms. The third-order valence-electron chi connectivity index (χ3n) is 7.03. The number of ether oxygens (including phenoxy) is 1. The van der Waals surface area contributed by atoms with Crippen molar-refractivity contribution in [3.8, 4) is 11.4 Å². The Morgan fingerprint density at radius 1 is 1.18 bits per heavy atom. The Labute approximate surface area is 226 Å². The van der Waals surface area contributed by atoms with Crippen molar-refractivity contribution in [3.05, 3.63) is 75.2 Å². The number of H-pyrrole nitrogens is 2. The highest BCUT2D eigenvalue weighted by molar-refractivity contribution is 6.30. The second kappa shape index (κ2) is 11.6. The number of anilines is 2. The smallest absolute Gasteiger partial charge is 0.261 e. The van der Waals surface area contributed by atoms with Crippen molar-refractivity contribution in [2.75, 3.05) is 63.2 Å². The molecular formula is C28H33ClN6O3. The maximum atomic E-state index is 12.9. The van der Waals surface area contributed by atoms with Crippen LogP contribution >= 0.6 is 11.6 Å². The van der Waals surface area contributed by atoms with Gasteiger partial charge in [0.25, 0.3) is 5.56 Å². The summed E-state index contributed by atoms with van der Waals surface area (Å²) in [6, 6.07) is 13.1. The van der Waals surface area contributed by atoms with Crippen LogP contribution in [0.2, 0.25) is 5.02 Å². The van der Waals surface area contributed by atoms with Gasteiger partial charge in [0, 0.05) is 63.3 Å². The van der Waals surface area contributed by atoms with Gasteiger partial charge < -0.3 is 30.0 Å². The summed E-state index contributed by atoms with van der Waals surface area (Å²) < 4.78 is 5.21. The number of aliphatic hydroxyl groups is 1. The molecule has 10 heteroatoms. The fourth-order valence-electron chi connectivity index (χ4n) is 4.92. The molecule has 2 aromatic heterocycles. The quantitative estimate of drug-likeness (QED) is 0.258. The Hall–Kier alpha value is -3.37. The van der Waals surface area contributed by atoms with Crippen LogP contribution in [0.4, 0.5) is 11.4 Å². The van der Waals surface area contributed by atoms with Gasteiger partial charge in [-0.15, -0.1) is 0 Å². The minimum Gasteiger partial charge on any atom is -0.387 e. The van der Waals surface area contributed by atoms with E-state index < -0.39 is 6.10 Å². The zero-order chi connectivity index (χ0) is 26.6. The van der Waals surface area contributed by atoms with Crippen molar-refractivity contribution >= 4 is 34.0 Å². The number of aryl methyl sites for hydroxylation is 1. The number of aromatic nitrogens is 3. The molecule has 1 aliphatic heterocycles. The lowest BCUT2D eigenvalue weighted by Crippen LogP contribution is -2.47. The Morgan fingerprint density at radius 2 is 2.00 bits per heavy atom. The van der Waals surface area contributed by atoms with Crippen LogP contribution in [0.25, 0.3) is 22.4 Å². The van der Waals surface area contributed by atoms with E-state index in [1.54, 1.807) is 37.6 Å². The number of methoxy groups -OCH3 is 1. The molecule has 0 spiro atoms. The average Bonchev–Trinajstić information content (AvgIpc) is 3.35. The minimum absolute atomic E-state index is 0.205. The Bertz CT molecular complexity index is 1460. The zero-order valence-electron chi connectivity index (χ0n) is 21.6. The minimum atomic E-state index is -0.795. The number of hydrogen-bond acceptors (Lipinski definition) is 7. The number of halogens is 1. The van der Waals surface area contributed by atoms with Gasteiger partial charge >= 0.3 is 0 Å². The van der Waals surface area contributed by atoms with E-state index in [1.165, 1.54) is 0 Å². The highest BCUT2D eigenvalue weighted by Gasteiger charge is 2.20. The monoisotopic (exact) mass is 536 g/mol. The second-order valence-electron chi connectivity index (χ2n) is 9.61. The number of piperazine rings is 1. The van der Waals surface area contributed by atoms with Crippen molar-refractivity contribution in [1.82, 2.24) is 19.9 Å². The molecule has 0 aliphatic carbocycles. The molecule has 9 nitrogen and oxygen atoms in total. The summed E-state index contributed by atoms with van der Waals surface area (Å²) in [4.78, 5) is 28.6. The molecule has 38 heavy (non-hydrogen) atoms.